The zero-order valence-corrected chi connectivity index (χ0v) is 28.7. The SMILES string of the molecule is CC1(C)c2ccccc2-c2ccc(-c3ccc(N(c4ccccc4)c4ccc5c6ccc7ccccc7c6n(-c6ccccc6)c5c4)cc3)cc21. The maximum Gasteiger partial charge on any atom is 0.0619 e. The van der Waals surface area contributed by atoms with Crippen molar-refractivity contribution in [1.29, 1.82) is 0 Å². The summed E-state index contributed by atoms with van der Waals surface area (Å²) in [5, 5.41) is 5.00. The third-order valence-electron chi connectivity index (χ3n) is 11.0. The molecule has 0 amide bonds. The van der Waals surface area contributed by atoms with Crippen molar-refractivity contribution < 1.29 is 0 Å². The van der Waals surface area contributed by atoms with E-state index < -0.39 is 0 Å². The summed E-state index contributed by atoms with van der Waals surface area (Å²) < 4.78 is 2.44. The second-order valence-corrected chi connectivity index (χ2v) is 14.2. The second-order valence-electron chi connectivity index (χ2n) is 14.2. The Labute approximate surface area is 298 Å². The minimum absolute atomic E-state index is 0.0286. The number of nitrogens with zero attached hydrogens (tertiary/aromatic N) is 2. The Morgan fingerprint density at radius 3 is 1.88 bits per heavy atom. The van der Waals surface area contributed by atoms with Gasteiger partial charge in [0, 0.05) is 44.3 Å². The van der Waals surface area contributed by atoms with Gasteiger partial charge in [-0.2, -0.15) is 0 Å². The zero-order valence-electron chi connectivity index (χ0n) is 28.7. The molecule has 0 unspecified atom stereocenters. The maximum atomic E-state index is 2.44. The van der Waals surface area contributed by atoms with Gasteiger partial charge in [0.2, 0.25) is 0 Å². The van der Waals surface area contributed by atoms with Gasteiger partial charge < -0.3 is 9.47 Å². The molecule has 0 saturated carbocycles. The maximum absolute atomic E-state index is 2.44. The van der Waals surface area contributed by atoms with Gasteiger partial charge in [-0.05, 0) is 93.4 Å². The Morgan fingerprint density at radius 2 is 1.06 bits per heavy atom. The molecule has 1 heterocycles. The van der Waals surface area contributed by atoms with Gasteiger partial charge in [-0.3, -0.25) is 0 Å². The number of para-hydroxylation sites is 2. The first kappa shape index (κ1) is 29.5. The molecule has 8 aromatic carbocycles. The summed E-state index contributed by atoms with van der Waals surface area (Å²) >= 11 is 0. The Hall–Kier alpha value is -6.38. The molecule has 2 heteroatoms. The van der Waals surface area contributed by atoms with Crippen molar-refractivity contribution in [2.24, 2.45) is 0 Å². The lowest BCUT2D eigenvalue weighted by Gasteiger charge is -2.26. The fourth-order valence-corrected chi connectivity index (χ4v) is 8.46. The van der Waals surface area contributed by atoms with Crippen LogP contribution in [0, 0.1) is 0 Å². The van der Waals surface area contributed by atoms with Crippen LogP contribution >= 0.6 is 0 Å². The number of benzene rings is 8. The van der Waals surface area contributed by atoms with Crippen molar-refractivity contribution in [1.82, 2.24) is 4.57 Å². The summed E-state index contributed by atoms with van der Waals surface area (Å²) in [5.74, 6) is 0. The molecule has 0 bridgehead atoms. The van der Waals surface area contributed by atoms with Crippen molar-refractivity contribution >= 4 is 49.6 Å². The van der Waals surface area contributed by atoms with Gasteiger partial charge in [0.1, 0.15) is 0 Å². The van der Waals surface area contributed by atoms with E-state index in [1.165, 1.54) is 66.0 Å². The highest BCUT2D eigenvalue weighted by atomic mass is 15.1. The molecule has 0 N–H and O–H groups in total. The molecule has 0 atom stereocenters. The molecule has 1 aliphatic rings. The summed E-state index contributed by atoms with van der Waals surface area (Å²) in [7, 11) is 0. The summed E-state index contributed by atoms with van der Waals surface area (Å²) in [6.07, 6.45) is 0. The van der Waals surface area contributed by atoms with Gasteiger partial charge in [0.15, 0.2) is 0 Å². The van der Waals surface area contributed by atoms with Crippen molar-refractivity contribution in [3.63, 3.8) is 0 Å². The highest BCUT2D eigenvalue weighted by Crippen LogP contribution is 2.50. The van der Waals surface area contributed by atoms with Crippen LogP contribution in [0.1, 0.15) is 25.0 Å². The normalized spacial score (nSPS) is 13.1. The molecule has 10 rings (SSSR count). The average Bonchev–Trinajstić information content (AvgIpc) is 3.64. The van der Waals surface area contributed by atoms with E-state index >= 15 is 0 Å². The van der Waals surface area contributed by atoms with Crippen LogP contribution in [0.2, 0.25) is 0 Å². The number of hydrogen-bond acceptors (Lipinski definition) is 1. The third kappa shape index (κ3) is 4.57. The van der Waals surface area contributed by atoms with Crippen LogP contribution in [-0.4, -0.2) is 4.57 Å². The molecule has 0 radical (unpaired) electrons. The van der Waals surface area contributed by atoms with Crippen LogP contribution in [-0.2, 0) is 5.41 Å². The van der Waals surface area contributed by atoms with Crippen molar-refractivity contribution in [2.45, 2.75) is 19.3 Å². The number of rotatable bonds is 5. The highest BCUT2D eigenvalue weighted by Gasteiger charge is 2.35. The Kier molecular flexibility index (Phi) is 6.56. The lowest BCUT2D eigenvalue weighted by Crippen LogP contribution is -2.14. The van der Waals surface area contributed by atoms with Crippen LogP contribution in [0.4, 0.5) is 17.1 Å². The summed E-state index contributed by atoms with van der Waals surface area (Å²) in [6, 6.07) is 66.5. The lowest BCUT2D eigenvalue weighted by atomic mass is 9.81. The molecular weight excluding hydrogens is 617 g/mol. The third-order valence-corrected chi connectivity index (χ3v) is 11.0. The predicted molar refractivity (Wildman–Crippen MR) is 216 cm³/mol. The van der Waals surface area contributed by atoms with E-state index in [2.05, 4.69) is 205 Å². The molecular formula is C49H36N2. The first-order valence-electron chi connectivity index (χ1n) is 17.8. The molecule has 2 nitrogen and oxygen atoms in total. The molecule has 242 valence electrons. The van der Waals surface area contributed by atoms with Gasteiger partial charge in [-0.1, -0.05) is 141 Å². The van der Waals surface area contributed by atoms with Crippen LogP contribution < -0.4 is 4.90 Å². The molecule has 0 spiro atoms. The van der Waals surface area contributed by atoms with E-state index in [-0.39, 0.29) is 5.41 Å². The largest absolute Gasteiger partial charge is 0.310 e. The van der Waals surface area contributed by atoms with Gasteiger partial charge in [-0.25, -0.2) is 0 Å². The number of fused-ring (bicyclic) bond motifs is 8. The first-order valence-corrected chi connectivity index (χ1v) is 17.8. The average molecular weight is 653 g/mol. The van der Waals surface area contributed by atoms with E-state index in [0.717, 1.165) is 22.7 Å². The van der Waals surface area contributed by atoms with Crippen molar-refractivity contribution in [2.75, 3.05) is 4.90 Å². The Balaban J connectivity index is 1.12. The number of anilines is 3. The second kappa shape index (κ2) is 11.3. The molecule has 1 aliphatic carbocycles. The standard InChI is InChI=1S/C49H36N2/c1-49(2)45-20-12-11-19-41(45)42-28-24-35(31-46(42)49)33-21-25-38(26-22-33)50(36-14-5-3-6-15-36)39-27-30-43-44-29-23-34-13-9-10-18-40(34)48(44)51(47(43)32-39)37-16-7-4-8-17-37/h3-32H,1-2H3. The summed E-state index contributed by atoms with van der Waals surface area (Å²) in [5.41, 5.74) is 14.9. The van der Waals surface area contributed by atoms with Gasteiger partial charge >= 0.3 is 0 Å². The van der Waals surface area contributed by atoms with Gasteiger partial charge in [0.25, 0.3) is 0 Å². The molecule has 9 aromatic rings. The first-order chi connectivity index (χ1) is 25.1. The smallest absolute Gasteiger partial charge is 0.0619 e. The lowest BCUT2D eigenvalue weighted by molar-refractivity contribution is 0.660. The summed E-state index contributed by atoms with van der Waals surface area (Å²) in [6.45, 7) is 4.69. The van der Waals surface area contributed by atoms with Crippen molar-refractivity contribution in [3.05, 3.63) is 193 Å². The zero-order chi connectivity index (χ0) is 34.1. The van der Waals surface area contributed by atoms with Crippen LogP contribution in [0.25, 0.3) is 60.5 Å². The molecule has 0 saturated heterocycles. The topological polar surface area (TPSA) is 8.17 Å². The van der Waals surface area contributed by atoms with Gasteiger partial charge in [-0.15, -0.1) is 0 Å². The summed E-state index contributed by atoms with van der Waals surface area (Å²) in [4.78, 5) is 2.37. The minimum atomic E-state index is -0.0286. The molecule has 0 fully saturated rings. The quantitative estimate of drug-likeness (QED) is 0.180. The number of hydrogen-bond donors (Lipinski definition) is 0. The van der Waals surface area contributed by atoms with Crippen LogP contribution in [0.15, 0.2) is 182 Å². The Bertz CT molecular complexity index is 2750. The van der Waals surface area contributed by atoms with Crippen LogP contribution in [0.3, 0.4) is 0 Å². The Morgan fingerprint density at radius 1 is 0.431 bits per heavy atom. The molecule has 51 heavy (non-hydrogen) atoms. The minimum Gasteiger partial charge on any atom is -0.310 e. The fourth-order valence-electron chi connectivity index (χ4n) is 8.46. The fraction of sp³-hybridized carbons (Fsp3) is 0.0612. The van der Waals surface area contributed by atoms with E-state index in [9.17, 15) is 0 Å². The monoisotopic (exact) mass is 652 g/mol. The van der Waals surface area contributed by atoms with E-state index in [1.807, 2.05) is 0 Å². The van der Waals surface area contributed by atoms with Crippen molar-refractivity contribution in [3.8, 4) is 27.9 Å². The van der Waals surface area contributed by atoms with Gasteiger partial charge in [0.05, 0.1) is 11.0 Å². The highest BCUT2D eigenvalue weighted by molar-refractivity contribution is 6.19. The predicted octanol–water partition coefficient (Wildman–Crippen LogP) is 13.4. The number of aromatic nitrogens is 1. The van der Waals surface area contributed by atoms with E-state index in [1.54, 1.807) is 0 Å². The molecule has 0 aliphatic heterocycles. The van der Waals surface area contributed by atoms with E-state index in [0.29, 0.717) is 0 Å². The van der Waals surface area contributed by atoms with E-state index in [4.69, 9.17) is 0 Å². The molecule has 1 aromatic heterocycles. The van der Waals surface area contributed by atoms with Crippen LogP contribution in [0.5, 0.6) is 0 Å².